The third kappa shape index (κ3) is 1.93. The highest BCUT2D eigenvalue weighted by Gasteiger charge is 2.18. The van der Waals surface area contributed by atoms with E-state index in [0.717, 1.165) is 22.2 Å². The molecule has 0 aliphatic carbocycles. The molecule has 5 nitrogen and oxygen atoms in total. The first-order valence-corrected chi connectivity index (χ1v) is 6.31. The minimum atomic E-state index is -0.436. The predicted molar refractivity (Wildman–Crippen MR) is 76.3 cm³/mol. The van der Waals surface area contributed by atoms with E-state index >= 15 is 0 Å². The summed E-state index contributed by atoms with van der Waals surface area (Å²) in [4.78, 5) is 20.1. The molecule has 3 rings (SSSR count). The van der Waals surface area contributed by atoms with Gasteiger partial charge in [0.15, 0.2) is 0 Å². The van der Waals surface area contributed by atoms with Crippen molar-refractivity contribution in [3.8, 4) is 0 Å². The zero-order chi connectivity index (χ0) is 14.1. The first-order chi connectivity index (χ1) is 9.68. The van der Waals surface area contributed by atoms with Crippen molar-refractivity contribution in [2.75, 3.05) is 0 Å². The third-order valence-corrected chi connectivity index (χ3v) is 3.39. The van der Waals surface area contributed by atoms with Crippen LogP contribution in [0.25, 0.3) is 11.0 Å². The molecule has 20 heavy (non-hydrogen) atoms. The van der Waals surface area contributed by atoms with Crippen molar-refractivity contribution in [1.82, 2.24) is 14.5 Å². The molecule has 0 atom stereocenters. The Morgan fingerprint density at radius 2 is 2.00 bits per heavy atom. The number of aryl methyl sites for hydroxylation is 1. The third-order valence-electron chi connectivity index (χ3n) is 3.39. The highest BCUT2D eigenvalue weighted by atomic mass is 16.1. The standard InChI is InChI=1S/C15H14N4O/c1-10-12-3-2-6-18-15(12)19(13(10)14(16)20)9-11-4-7-17-8-5-11/h2-8H,9H2,1H3,(H2,16,20). The van der Waals surface area contributed by atoms with Crippen LogP contribution in [-0.4, -0.2) is 20.4 Å². The zero-order valence-corrected chi connectivity index (χ0v) is 11.1. The number of rotatable bonds is 3. The van der Waals surface area contributed by atoms with Crippen LogP contribution in [0.2, 0.25) is 0 Å². The number of fused-ring (bicyclic) bond motifs is 1. The lowest BCUT2D eigenvalue weighted by molar-refractivity contribution is 0.0991. The maximum Gasteiger partial charge on any atom is 0.265 e. The van der Waals surface area contributed by atoms with E-state index in [2.05, 4.69) is 9.97 Å². The maximum absolute atomic E-state index is 11.8. The Balaban J connectivity index is 2.22. The Kier molecular flexibility index (Phi) is 2.95. The fourth-order valence-corrected chi connectivity index (χ4v) is 2.48. The summed E-state index contributed by atoms with van der Waals surface area (Å²) in [5.74, 6) is -0.436. The molecule has 3 heterocycles. The van der Waals surface area contributed by atoms with E-state index in [9.17, 15) is 4.79 Å². The lowest BCUT2D eigenvalue weighted by atomic mass is 10.2. The van der Waals surface area contributed by atoms with Gasteiger partial charge in [0, 0.05) is 30.5 Å². The average Bonchev–Trinajstić information content (AvgIpc) is 2.74. The van der Waals surface area contributed by atoms with Crippen LogP contribution >= 0.6 is 0 Å². The van der Waals surface area contributed by atoms with Gasteiger partial charge in [0.2, 0.25) is 0 Å². The molecule has 0 saturated heterocycles. The highest BCUT2D eigenvalue weighted by Crippen LogP contribution is 2.24. The van der Waals surface area contributed by atoms with Gasteiger partial charge in [-0.25, -0.2) is 4.98 Å². The fourth-order valence-electron chi connectivity index (χ4n) is 2.48. The number of nitrogens with two attached hydrogens (primary N) is 1. The van der Waals surface area contributed by atoms with E-state index in [1.54, 1.807) is 18.6 Å². The van der Waals surface area contributed by atoms with E-state index < -0.39 is 5.91 Å². The second kappa shape index (κ2) is 4.77. The molecule has 0 aliphatic rings. The van der Waals surface area contributed by atoms with Crippen molar-refractivity contribution in [1.29, 1.82) is 0 Å². The minimum absolute atomic E-state index is 0.436. The van der Waals surface area contributed by atoms with Crippen molar-refractivity contribution < 1.29 is 4.79 Å². The van der Waals surface area contributed by atoms with Crippen molar-refractivity contribution in [3.05, 3.63) is 59.7 Å². The summed E-state index contributed by atoms with van der Waals surface area (Å²) in [6, 6.07) is 7.63. The molecule has 0 aliphatic heterocycles. The number of aromatic nitrogens is 3. The topological polar surface area (TPSA) is 73.8 Å². The molecule has 0 radical (unpaired) electrons. The molecule has 3 aromatic rings. The Bertz CT molecular complexity index is 777. The van der Waals surface area contributed by atoms with E-state index in [1.807, 2.05) is 35.8 Å². The predicted octanol–water partition coefficient (Wildman–Crippen LogP) is 1.89. The van der Waals surface area contributed by atoms with E-state index in [-0.39, 0.29) is 0 Å². The number of amides is 1. The van der Waals surface area contributed by atoms with Gasteiger partial charge in [-0.3, -0.25) is 9.78 Å². The molecule has 5 heteroatoms. The Hall–Kier alpha value is -2.69. The molecule has 1 amide bonds. The van der Waals surface area contributed by atoms with Gasteiger partial charge in [-0.1, -0.05) is 0 Å². The number of pyridine rings is 2. The van der Waals surface area contributed by atoms with Gasteiger partial charge < -0.3 is 10.3 Å². The monoisotopic (exact) mass is 266 g/mol. The Morgan fingerprint density at radius 1 is 1.25 bits per heavy atom. The summed E-state index contributed by atoms with van der Waals surface area (Å²) >= 11 is 0. The largest absolute Gasteiger partial charge is 0.364 e. The van der Waals surface area contributed by atoms with Gasteiger partial charge in [0.05, 0.1) is 0 Å². The summed E-state index contributed by atoms with van der Waals surface area (Å²) in [5, 5.41) is 0.954. The van der Waals surface area contributed by atoms with Crippen molar-refractivity contribution >= 4 is 16.9 Å². The maximum atomic E-state index is 11.8. The summed E-state index contributed by atoms with van der Waals surface area (Å²) in [5.41, 5.74) is 8.73. The summed E-state index contributed by atoms with van der Waals surface area (Å²) in [6.07, 6.45) is 5.17. The molecular weight excluding hydrogens is 252 g/mol. The molecule has 0 spiro atoms. The fraction of sp³-hybridized carbons (Fsp3) is 0.133. The second-order valence-corrected chi connectivity index (χ2v) is 4.65. The molecule has 0 aromatic carbocycles. The van der Waals surface area contributed by atoms with Gasteiger partial charge in [0.1, 0.15) is 11.3 Å². The summed E-state index contributed by atoms with van der Waals surface area (Å²) in [6.45, 7) is 2.44. The van der Waals surface area contributed by atoms with Crippen LogP contribution in [0.3, 0.4) is 0 Å². The van der Waals surface area contributed by atoms with Gasteiger partial charge >= 0.3 is 0 Å². The normalized spacial score (nSPS) is 10.8. The molecule has 0 fully saturated rings. The first-order valence-electron chi connectivity index (χ1n) is 6.31. The average molecular weight is 266 g/mol. The van der Waals surface area contributed by atoms with E-state index in [4.69, 9.17) is 5.73 Å². The summed E-state index contributed by atoms with van der Waals surface area (Å²) < 4.78 is 1.86. The quantitative estimate of drug-likeness (QED) is 0.786. The van der Waals surface area contributed by atoms with Crippen LogP contribution in [0.4, 0.5) is 0 Å². The number of carbonyl (C=O) groups is 1. The smallest absolute Gasteiger partial charge is 0.265 e. The van der Waals surface area contributed by atoms with Crippen molar-refractivity contribution in [3.63, 3.8) is 0 Å². The van der Waals surface area contributed by atoms with Gasteiger partial charge in [0.25, 0.3) is 5.91 Å². The van der Waals surface area contributed by atoms with E-state index in [1.165, 1.54) is 0 Å². The molecule has 0 saturated carbocycles. The molecule has 0 bridgehead atoms. The lowest BCUT2D eigenvalue weighted by Gasteiger charge is -2.08. The van der Waals surface area contributed by atoms with E-state index in [0.29, 0.717) is 12.2 Å². The number of nitrogens with zero attached hydrogens (tertiary/aromatic N) is 3. The second-order valence-electron chi connectivity index (χ2n) is 4.65. The van der Waals surface area contributed by atoms with Crippen LogP contribution in [0.1, 0.15) is 21.6 Å². The van der Waals surface area contributed by atoms with Crippen LogP contribution in [-0.2, 0) is 6.54 Å². The minimum Gasteiger partial charge on any atom is -0.364 e. The van der Waals surface area contributed by atoms with Crippen LogP contribution in [0.15, 0.2) is 42.9 Å². The van der Waals surface area contributed by atoms with Gasteiger partial charge in [-0.15, -0.1) is 0 Å². The first kappa shape index (κ1) is 12.3. The molecular formula is C15H14N4O. The van der Waals surface area contributed by atoms with Crippen LogP contribution < -0.4 is 5.73 Å². The van der Waals surface area contributed by atoms with Crippen molar-refractivity contribution in [2.24, 2.45) is 5.73 Å². The molecule has 0 unspecified atom stereocenters. The SMILES string of the molecule is Cc1c(C(N)=O)n(Cc2ccncc2)c2ncccc12. The van der Waals surface area contributed by atoms with Gasteiger partial charge in [-0.05, 0) is 42.3 Å². The Morgan fingerprint density at radius 3 is 2.70 bits per heavy atom. The molecule has 2 N–H and O–H groups in total. The highest BCUT2D eigenvalue weighted by molar-refractivity contribution is 5.99. The Labute approximate surface area is 116 Å². The molecule has 100 valence electrons. The number of hydrogen-bond donors (Lipinski definition) is 1. The van der Waals surface area contributed by atoms with Crippen LogP contribution in [0.5, 0.6) is 0 Å². The molecule has 3 aromatic heterocycles. The van der Waals surface area contributed by atoms with Gasteiger partial charge in [-0.2, -0.15) is 0 Å². The number of carbonyl (C=O) groups excluding carboxylic acids is 1. The number of primary amides is 1. The summed E-state index contributed by atoms with van der Waals surface area (Å²) in [7, 11) is 0. The lowest BCUT2D eigenvalue weighted by Crippen LogP contribution is -2.18. The zero-order valence-electron chi connectivity index (χ0n) is 11.1. The number of hydrogen-bond acceptors (Lipinski definition) is 3. The van der Waals surface area contributed by atoms with Crippen LogP contribution in [0, 0.1) is 6.92 Å². The van der Waals surface area contributed by atoms with Crippen molar-refractivity contribution in [2.45, 2.75) is 13.5 Å².